The van der Waals surface area contributed by atoms with Gasteiger partial charge in [0.2, 0.25) is 0 Å². The highest BCUT2D eigenvalue weighted by atomic mass is 79.9. The van der Waals surface area contributed by atoms with E-state index < -0.39 is 0 Å². The molecule has 1 atom stereocenters. The zero-order chi connectivity index (χ0) is 12.5. The first-order valence-electron chi connectivity index (χ1n) is 5.97. The molecule has 1 aromatic heterocycles. The van der Waals surface area contributed by atoms with Crippen molar-refractivity contribution in [1.82, 2.24) is 9.78 Å². The van der Waals surface area contributed by atoms with Gasteiger partial charge in [0, 0.05) is 23.9 Å². The third-order valence-electron chi connectivity index (χ3n) is 3.46. The van der Waals surface area contributed by atoms with Crippen molar-refractivity contribution in [2.24, 2.45) is 5.41 Å². The Labute approximate surface area is 119 Å². The van der Waals surface area contributed by atoms with Crippen LogP contribution in [0.5, 0.6) is 0 Å². The Kier molecular flexibility index (Phi) is 4.31. The van der Waals surface area contributed by atoms with Crippen LogP contribution in [-0.4, -0.2) is 28.3 Å². The first-order valence-corrected chi connectivity index (χ1v) is 7.89. The minimum absolute atomic E-state index is 0.238. The predicted molar refractivity (Wildman–Crippen MR) is 75.7 cm³/mol. The second kappa shape index (κ2) is 5.41. The largest absolute Gasteiger partial charge is 0.381 e. The highest BCUT2D eigenvalue weighted by Crippen LogP contribution is 2.37. The molecule has 0 N–H and O–H groups in total. The third kappa shape index (κ3) is 2.61. The van der Waals surface area contributed by atoms with Gasteiger partial charge in [0.05, 0.1) is 22.5 Å². The second-order valence-corrected chi connectivity index (χ2v) is 6.13. The maximum absolute atomic E-state index is 5.57. The molecule has 1 unspecified atom stereocenters. The van der Waals surface area contributed by atoms with Crippen molar-refractivity contribution in [1.29, 1.82) is 0 Å². The number of rotatable bonds is 4. The number of aromatic nitrogens is 2. The molecular weight excluding hydrogens is 348 g/mol. The van der Waals surface area contributed by atoms with Crippen molar-refractivity contribution in [2.75, 3.05) is 18.5 Å². The Morgan fingerprint density at radius 1 is 1.53 bits per heavy atom. The number of ether oxygens (including phenoxy) is 1. The average molecular weight is 366 g/mol. The molecule has 0 bridgehead atoms. The Morgan fingerprint density at radius 3 is 2.82 bits per heavy atom. The van der Waals surface area contributed by atoms with E-state index >= 15 is 0 Å². The van der Waals surface area contributed by atoms with E-state index in [0.29, 0.717) is 0 Å². The Hall–Kier alpha value is 0.130. The minimum atomic E-state index is 0.238. The van der Waals surface area contributed by atoms with Crippen LogP contribution in [-0.2, 0) is 17.7 Å². The summed E-state index contributed by atoms with van der Waals surface area (Å²) in [5.74, 6) is 0. The van der Waals surface area contributed by atoms with Gasteiger partial charge in [-0.05, 0) is 42.6 Å². The van der Waals surface area contributed by atoms with Crippen LogP contribution in [0, 0.1) is 12.3 Å². The third-order valence-corrected chi connectivity index (χ3v) is 5.68. The van der Waals surface area contributed by atoms with Crippen LogP contribution in [0.15, 0.2) is 4.47 Å². The molecule has 5 heteroatoms. The van der Waals surface area contributed by atoms with Gasteiger partial charge < -0.3 is 4.74 Å². The summed E-state index contributed by atoms with van der Waals surface area (Å²) in [6.07, 6.45) is 2.14. The molecule has 1 aliphatic heterocycles. The van der Waals surface area contributed by atoms with E-state index in [1.54, 1.807) is 0 Å². The maximum atomic E-state index is 5.57. The first-order chi connectivity index (χ1) is 8.12. The average Bonchev–Trinajstić information content (AvgIpc) is 2.90. The van der Waals surface area contributed by atoms with Crippen molar-refractivity contribution >= 4 is 31.9 Å². The molecular formula is C12H18Br2N2O. The van der Waals surface area contributed by atoms with E-state index in [1.807, 2.05) is 6.92 Å². The van der Waals surface area contributed by atoms with E-state index in [9.17, 15) is 0 Å². The molecule has 0 aliphatic carbocycles. The lowest BCUT2D eigenvalue weighted by Crippen LogP contribution is -2.27. The molecule has 0 aromatic carbocycles. The zero-order valence-electron chi connectivity index (χ0n) is 10.3. The molecule has 17 heavy (non-hydrogen) atoms. The highest BCUT2D eigenvalue weighted by molar-refractivity contribution is 9.10. The smallest absolute Gasteiger partial charge is 0.0738 e. The SMILES string of the molecule is CCn1nc(C)c(Br)c1CC1(CBr)CCOC1. The standard InChI is InChI=1S/C12H18Br2N2O/c1-3-16-10(11(14)9(2)15-16)6-12(7-13)4-5-17-8-12/h3-8H2,1-2H3. The van der Waals surface area contributed by atoms with Crippen LogP contribution in [0.4, 0.5) is 0 Å². The topological polar surface area (TPSA) is 27.1 Å². The lowest BCUT2D eigenvalue weighted by Gasteiger charge is -2.25. The van der Waals surface area contributed by atoms with E-state index in [1.165, 1.54) is 5.69 Å². The van der Waals surface area contributed by atoms with Gasteiger partial charge in [0.25, 0.3) is 0 Å². The number of nitrogens with zero attached hydrogens (tertiary/aromatic N) is 2. The molecule has 1 aliphatic rings. The molecule has 0 amide bonds. The fourth-order valence-electron chi connectivity index (χ4n) is 2.33. The van der Waals surface area contributed by atoms with Crippen LogP contribution in [0.2, 0.25) is 0 Å². The number of halogens is 2. The van der Waals surface area contributed by atoms with Gasteiger partial charge in [-0.2, -0.15) is 5.10 Å². The van der Waals surface area contributed by atoms with Crippen LogP contribution in [0.3, 0.4) is 0 Å². The number of aryl methyl sites for hydroxylation is 2. The van der Waals surface area contributed by atoms with E-state index in [4.69, 9.17) is 4.74 Å². The minimum Gasteiger partial charge on any atom is -0.381 e. The lowest BCUT2D eigenvalue weighted by atomic mass is 9.85. The molecule has 0 radical (unpaired) electrons. The number of hydrogen-bond donors (Lipinski definition) is 0. The molecule has 1 fully saturated rings. The molecule has 2 heterocycles. The molecule has 96 valence electrons. The summed E-state index contributed by atoms with van der Waals surface area (Å²) >= 11 is 7.31. The van der Waals surface area contributed by atoms with Gasteiger partial charge in [-0.1, -0.05) is 15.9 Å². The Morgan fingerprint density at radius 2 is 2.29 bits per heavy atom. The van der Waals surface area contributed by atoms with E-state index in [2.05, 4.69) is 48.6 Å². The molecule has 0 spiro atoms. The summed E-state index contributed by atoms with van der Waals surface area (Å²) in [4.78, 5) is 0. The summed E-state index contributed by atoms with van der Waals surface area (Å²) in [6.45, 7) is 6.82. The molecule has 2 rings (SSSR count). The number of alkyl halides is 1. The van der Waals surface area contributed by atoms with Crippen molar-refractivity contribution in [3.05, 3.63) is 15.9 Å². The second-order valence-electron chi connectivity index (χ2n) is 4.77. The zero-order valence-corrected chi connectivity index (χ0v) is 13.5. The van der Waals surface area contributed by atoms with Crippen molar-refractivity contribution < 1.29 is 4.74 Å². The highest BCUT2D eigenvalue weighted by Gasteiger charge is 2.36. The van der Waals surface area contributed by atoms with Crippen LogP contribution < -0.4 is 0 Å². The summed E-state index contributed by atoms with van der Waals surface area (Å²) in [7, 11) is 0. The van der Waals surface area contributed by atoms with Gasteiger partial charge in [-0.25, -0.2) is 0 Å². The summed E-state index contributed by atoms with van der Waals surface area (Å²) in [5, 5.41) is 5.54. The molecule has 1 aromatic rings. The number of hydrogen-bond acceptors (Lipinski definition) is 2. The van der Waals surface area contributed by atoms with Crippen LogP contribution in [0.1, 0.15) is 24.7 Å². The van der Waals surface area contributed by atoms with Gasteiger partial charge in [-0.3, -0.25) is 4.68 Å². The molecule has 0 saturated carbocycles. The summed E-state index contributed by atoms with van der Waals surface area (Å²) < 4.78 is 8.83. The normalized spacial score (nSPS) is 24.5. The van der Waals surface area contributed by atoms with Gasteiger partial charge >= 0.3 is 0 Å². The summed E-state index contributed by atoms with van der Waals surface area (Å²) in [6, 6.07) is 0. The van der Waals surface area contributed by atoms with Crippen LogP contribution in [0.25, 0.3) is 0 Å². The van der Waals surface area contributed by atoms with Crippen molar-refractivity contribution in [3.63, 3.8) is 0 Å². The predicted octanol–water partition coefficient (Wildman–Crippen LogP) is 3.32. The van der Waals surface area contributed by atoms with Gasteiger partial charge in [0.1, 0.15) is 0 Å². The van der Waals surface area contributed by atoms with E-state index in [0.717, 1.165) is 48.1 Å². The quantitative estimate of drug-likeness (QED) is 0.765. The van der Waals surface area contributed by atoms with E-state index in [-0.39, 0.29) is 5.41 Å². The Balaban J connectivity index is 2.28. The molecule has 1 saturated heterocycles. The van der Waals surface area contributed by atoms with Gasteiger partial charge in [0.15, 0.2) is 0 Å². The van der Waals surface area contributed by atoms with Crippen molar-refractivity contribution in [2.45, 2.75) is 33.2 Å². The Bertz CT molecular complexity index is 397. The van der Waals surface area contributed by atoms with Gasteiger partial charge in [-0.15, -0.1) is 0 Å². The maximum Gasteiger partial charge on any atom is 0.0738 e. The monoisotopic (exact) mass is 364 g/mol. The molecule has 3 nitrogen and oxygen atoms in total. The van der Waals surface area contributed by atoms with Crippen LogP contribution >= 0.6 is 31.9 Å². The fourth-order valence-corrected chi connectivity index (χ4v) is 3.40. The van der Waals surface area contributed by atoms with Crippen molar-refractivity contribution in [3.8, 4) is 0 Å². The summed E-state index contributed by atoms with van der Waals surface area (Å²) in [5.41, 5.74) is 2.61. The lowest BCUT2D eigenvalue weighted by molar-refractivity contribution is 0.160. The fraction of sp³-hybridized carbons (Fsp3) is 0.750. The first kappa shape index (κ1) is 13.6.